The van der Waals surface area contributed by atoms with Crippen LogP contribution in [0.1, 0.15) is 51.9 Å². The van der Waals surface area contributed by atoms with E-state index in [9.17, 15) is 8.42 Å². The van der Waals surface area contributed by atoms with Crippen molar-refractivity contribution in [3.05, 3.63) is 0 Å². The number of nitrogens with one attached hydrogen (secondary N) is 1. The van der Waals surface area contributed by atoms with Gasteiger partial charge in [-0.1, -0.05) is 26.2 Å². The predicted octanol–water partition coefficient (Wildman–Crippen LogP) is 1.57. The Balaban J connectivity index is 2.01. The van der Waals surface area contributed by atoms with E-state index in [-0.39, 0.29) is 5.54 Å². The van der Waals surface area contributed by atoms with Crippen LogP contribution in [0.25, 0.3) is 0 Å². The molecular formula is C14H29N3O2S. The Morgan fingerprint density at radius 2 is 1.70 bits per heavy atom. The van der Waals surface area contributed by atoms with Gasteiger partial charge in [0, 0.05) is 25.2 Å². The van der Waals surface area contributed by atoms with Gasteiger partial charge in [-0.2, -0.15) is 12.7 Å². The van der Waals surface area contributed by atoms with E-state index >= 15 is 0 Å². The summed E-state index contributed by atoms with van der Waals surface area (Å²) in [6.45, 7) is 5.00. The maximum atomic E-state index is 12.3. The Labute approximate surface area is 123 Å². The first-order valence-corrected chi connectivity index (χ1v) is 9.40. The van der Waals surface area contributed by atoms with Crippen LogP contribution in [0.15, 0.2) is 0 Å². The number of nitrogens with zero attached hydrogens (tertiary/aromatic N) is 2. The molecule has 1 heterocycles. The Morgan fingerprint density at radius 3 is 2.25 bits per heavy atom. The second-order valence-electron chi connectivity index (χ2n) is 6.23. The first kappa shape index (κ1) is 16.2. The van der Waals surface area contributed by atoms with Crippen LogP contribution in [0.4, 0.5) is 0 Å². The second kappa shape index (κ2) is 6.73. The van der Waals surface area contributed by atoms with Gasteiger partial charge in [-0.3, -0.25) is 4.90 Å². The average Bonchev–Trinajstić information content (AvgIpc) is 3.00. The van der Waals surface area contributed by atoms with E-state index in [0.29, 0.717) is 19.6 Å². The molecule has 0 amide bonds. The molecule has 1 aliphatic carbocycles. The van der Waals surface area contributed by atoms with Crippen LogP contribution in [0, 0.1) is 0 Å². The van der Waals surface area contributed by atoms with E-state index in [2.05, 4.69) is 23.6 Å². The Bertz CT molecular complexity index is 399. The second-order valence-corrected chi connectivity index (χ2v) is 7.99. The first-order valence-electron chi connectivity index (χ1n) is 7.96. The van der Waals surface area contributed by atoms with E-state index < -0.39 is 10.2 Å². The van der Waals surface area contributed by atoms with Crippen molar-refractivity contribution in [2.45, 2.75) is 57.4 Å². The van der Waals surface area contributed by atoms with Gasteiger partial charge in [-0.05, 0) is 39.3 Å². The summed E-state index contributed by atoms with van der Waals surface area (Å²) in [5.41, 5.74) is 0.0137. The Kier molecular flexibility index (Phi) is 5.45. The van der Waals surface area contributed by atoms with E-state index in [1.807, 2.05) is 0 Å². The summed E-state index contributed by atoms with van der Waals surface area (Å²) in [4.78, 5) is 2.33. The Hall–Kier alpha value is -0.170. The lowest BCUT2D eigenvalue weighted by molar-refractivity contribution is 0.0840. The molecule has 1 aliphatic heterocycles. The molecule has 0 unspecified atom stereocenters. The summed E-state index contributed by atoms with van der Waals surface area (Å²) < 4.78 is 29.1. The normalized spacial score (nSPS) is 24.4. The fourth-order valence-corrected chi connectivity index (χ4v) is 4.86. The molecule has 0 aromatic rings. The number of rotatable bonds is 6. The van der Waals surface area contributed by atoms with Crippen LogP contribution in [-0.2, 0) is 10.2 Å². The van der Waals surface area contributed by atoms with Crippen LogP contribution in [0.3, 0.4) is 0 Å². The fraction of sp³-hybridized carbons (Fsp3) is 1.00. The zero-order valence-electron chi connectivity index (χ0n) is 12.9. The molecule has 1 N–H and O–H groups in total. The molecule has 1 saturated carbocycles. The highest BCUT2D eigenvalue weighted by Crippen LogP contribution is 2.32. The molecule has 20 heavy (non-hydrogen) atoms. The number of hydrogen-bond acceptors (Lipinski definition) is 3. The molecule has 118 valence electrons. The third-order valence-corrected chi connectivity index (χ3v) is 6.61. The molecule has 1 saturated heterocycles. The molecule has 0 radical (unpaired) electrons. The highest BCUT2D eigenvalue weighted by molar-refractivity contribution is 7.87. The van der Waals surface area contributed by atoms with Gasteiger partial charge in [0.1, 0.15) is 0 Å². The van der Waals surface area contributed by atoms with E-state index in [4.69, 9.17) is 0 Å². The minimum Gasteiger partial charge on any atom is -0.300 e. The maximum absolute atomic E-state index is 12.3. The van der Waals surface area contributed by atoms with Crippen LogP contribution in [0.2, 0.25) is 0 Å². The van der Waals surface area contributed by atoms with Gasteiger partial charge in [0.05, 0.1) is 0 Å². The average molecular weight is 303 g/mol. The van der Waals surface area contributed by atoms with Gasteiger partial charge < -0.3 is 0 Å². The summed E-state index contributed by atoms with van der Waals surface area (Å²) in [6, 6.07) is 0. The molecule has 0 aromatic heterocycles. The SMILES string of the molecule is CCN(C)C1(CNS(=O)(=O)N2CCCC2)CCCCC1. The van der Waals surface area contributed by atoms with Crippen molar-refractivity contribution < 1.29 is 8.42 Å². The summed E-state index contributed by atoms with van der Waals surface area (Å²) in [7, 11) is -1.16. The quantitative estimate of drug-likeness (QED) is 0.810. The fourth-order valence-electron chi connectivity index (χ4n) is 3.48. The molecule has 2 rings (SSSR count). The topological polar surface area (TPSA) is 52.7 Å². The lowest BCUT2D eigenvalue weighted by atomic mass is 9.80. The number of likely N-dealkylation sites (N-methyl/N-ethyl adjacent to an activating group) is 1. The van der Waals surface area contributed by atoms with E-state index in [1.54, 1.807) is 4.31 Å². The summed E-state index contributed by atoms with van der Waals surface area (Å²) in [5, 5.41) is 0. The molecule has 2 aliphatic rings. The minimum absolute atomic E-state index is 0.0137. The van der Waals surface area contributed by atoms with Crippen molar-refractivity contribution in [3.8, 4) is 0 Å². The highest BCUT2D eigenvalue weighted by atomic mass is 32.2. The monoisotopic (exact) mass is 303 g/mol. The van der Waals surface area contributed by atoms with Gasteiger partial charge in [0.2, 0.25) is 0 Å². The lowest BCUT2D eigenvalue weighted by Gasteiger charge is -2.44. The largest absolute Gasteiger partial charge is 0.300 e. The predicted molar refractivity (Wildman–Crippen MR) is 81.8 cm³/mol. The van der Waals surface area contributed by atoms with Gasteiger partial charge >= 0.3 is 0 Å². The smallest absolute Gasteiger partial charge is 0.279 e. The first-order chi connectivity index (χ1) is 9.50. The lowest BCUT2D eigenvalue weighted by Crippen LogP contribution is -2.56. The zero-order chi connectivity index (χ0) is 14.6. The van der Waals surface area contributed by atoms with Crippen molar-refractivity contribution in [1.29, 1.82) is 0 Å². The van der Waals surface area contributed by atoms with Gasteiger partial charge in [-0.15, -0.1) is 0 Å². The number of hydrogen-bond donors (Lipinski definition) is 1. The molecule has 6 heteroatoms. The van der Waals surface area contributed by atoms with Crippen molar-refractivity contribution >= 4 is 10.2 Å². The molecule has 0 spiro atoms. The summed E-state index contributed by atoms with van der Waals surface area (Å²) in [6.07, 6.45) is 7.85. The summed E-state index contributed by atoms with van der Waals surface area (Å²) >= 11 is 0. The van der Waals surface area contributed by atoms with Crippen molar-refractivity contribution in [2.75, 3.05) is 33.2 Å². The van der Waals surface area contributed by atoms with E-state index in [0.717, 1.165) is 32.2 Å². The summed E-state index contributed by atoms with van der Waals surface area (Å²) in [5.74, 6) is 0. The molecule has 5 nitrogen and oxygen atoms in total. The van der Waals surface area contributed by atoms with Crippen LogP contribution < -0.4 is 4.72 Å². The third kappa shape index (κ3) is 3.53. The molecule has 0 bridgehead atoms. The van der Waals surface area contributed by atoms with Gasteiger partial charge in [-0.25, -0.2) is 4.72 Å². The highest BCUT2D eigenvalue weighted by Gasteiger charge is 2.37. The standard InChI is InChI=1S/C14H29N3O2S/c1-3-16(2)14(9-5-4-6-10-14)13-15-20(18,19)17-11-7-8-12-17/h15H,3-13H2,1-2H3. The van der Waals surface area contributed by atoms with Crippen LogP contribution >= 0.6 is 0 Å². The molecule has 0 aromatic carbocycles. The molecule has 2 fully saturated rings. The maximum Gasteiger partial charge on any atom is 0.279 e. The van der Waals surface area contributed by atoms with Crippen LogP contribution in [-0.4, -0.2) is 56.4 Å². The Morgan fingerprint density at radius 1 is 1.10 bits per heavy atom. The van der Waals surface area contributed by atoms with Crippen LogP contribution in [0.5, 0.6) is 0 Å². The molecule has 0 atom stereocenters. The third-order valence-electron chi connectivity index (χ3n) is 5.06. The molecular weight excluding hydrogens is 274 g/mol. The minimum atomic E-state index is -3.28. The van der Waals surface area contributed by atoms with Gasteiger partial charge in [0.25, 0.3) is 10.2 Å². The van der Waals surface area contributed by atoms with Crippen molar-refractivity contribution in [3.63, 3.8) is 0 Å². The van der Waals surface area contributed by atoms with Gasteiger partial charge in [0.15, 0.2) is 0 Å². The van der Waals surface area contributed by atoms with Crippen molar-refractivity contribution in [2.24, 2.45) is 0 Å². The van der Waals surface area contributed by atoms with E-state index in [1.165, 1.54) is 19.3 Å². The zero-order valence-corrected chi connectivity index (χ0v) is 13.7. The van der Waals surface area contributed by atoms with Crippen molar-refractivity contribution in [1.82, 2.24) is 13.9 Å².